The molecule has 0 fully saturated rings. The van der Waals surface area contributed by atoms with Gasteiger partial charge in [-0.3, -0.25) is 18.2 Å². The first-order valence-electron chi connectivity index (χ1n) is 21.0. The number of nitrogens with one attached hydrogen (secondary N) is 2. The van der Waals surface area contributed by atoms with Crippen molar-refractivity contribution in [3.63, 3.8) is 0 Å². The van der Waals surface area contributed by atoms with Gasteiger partial charge in [0.05, 0.1) is 44.9 Å². The summed E-state index contributed by atoms with van der Waals surface area (Å²) in [5.41, 5.74) is 9.48. The van der Waals surface area contributed by atoms with Gasteiger partial charge in [-0.2, -0.15) is 54.1 Å². The number of carbonyl (C=O) groups excluding carboxylic acids is 1. The number of urea groups is 1. The molecule has 8 rings (SSSR count). The molecule has 2 amide bonds. The van der Waals surface area contributed by atoms with E-state index in [4.69, 9.17) is 11.5 Å². The highest BCUT2D eigenvalue weighted by Crippen LogP contribution is 2.50. The van der Waals surface area contributed by atoms with Crippen molar-refractivity contribution >= 4 is 136 Å². The number of anilines is 4. The Balaban J connectivity index is 1.00. The third-order valence-corrected chi connectivity index (χ3v) is 14.0. The minimum atomic E-state index is -5.16. The van der Waals surface area contributed by atoms with Gasteiger partial charge in [0.15, 0.2) is 11.5 Å². The molecule has 0 unspecified atom stereocenters. The van der Waals surface area contributed by atoms with Crippen LogP contribution in [0, 0.1) is 0 Å². The number of nitrogen functional groups attached to an aromatic ring is 2. The third-order valence-electron chi connectivity index (χ3n) is 10.6. The number of fused-ring (bicyclic) bond motifs is 2. The number of azo groups is 4. The van der Waals surface area contributed by atoms with Gasteiger partial charge >= 0.3 is 6.03 Å². The summed E-state index contributed by atoms with van der Waals surface area (Å²) in [7, 11) is -20.6. The summed E-state index contributed by atoms with van der Waals surface area (Å²) in [6.45, 7) is 0. The van der Waals surface area contributed by atoms with Gasteiger partial charge in [-0.1, -0.05) is 36.4 Å². The van der Waals surface area contributed by atoms with Crippen molar-refractivity contribution in [1.82, 2.24) is 0 Å². The van der Waals surface area contributed by atoms with Crippen LogP contribution in [0.15, 0.2) is 194 Å². The van der Waals surface area contributed by atoms with Crippen molar-refractivity contribution < 1.29 is 66.9 Å². The number of nitrogens with two attached hydrogens (primary N) is 2. The molecule has 0 aliphatic heterocycles. The molecule has 0 aliphatic rings. The summed E-state index contributed by atoms with van der Waals surface area (Å²) < 4.78 is 140. The fourth-order valence-corrected chi connectivity index (χ4v) is 9.80. The standard InChI is InChI=1S/C45H34N12O15S4/c46-37-35-23(21-33(75(67,68)69)41(43(35)58)56-50-27-7-3-1-4-8-27)19-31(73(61,62)63)39(37)54-52-29-15-11-25(12-16-29)48-45(60)49-26-13-17-30(18-14-26)53-55-40-32(74(64,65)66)20-24-22-34(76(70,71)72)42(44(59)36(24)38(40)47)57-51-28-9-5-2-6-10-28/h1-22,58-59H,46-47H2,(H2,48,49,60)(H,61,62,63)(H,64,65,66)(H,67,68,69)(H,70,71,72). The van der Waals surface area contributed by atoms with E-state index in [0.717, 1.165) is 24.3 Å². The zero-order valence-corrected chi connectivity index (χ0v) is 41.2. The summed E-state index contributed by atoms with van der Waals surface area (Å²) in [6.07, 6.45) is 0. The predicted octanol–water partition coefficient (Wildman–Crippen LogP) is 10.9. The molecule has 0 spiro atoms. The summed E-state index contributed by atoms with van der Waals surface area (Å²) >= 11 is 0. The average molecular weight is 1110 g/mol. The van der Waals surface area contributed by atoms with E-state index < -0.39 is 112 Å². The molecule has 0 atom stereocenters. The first-order valence-corrected chi connectivity index (χ1v) is 26.7. The fraction of sp³-hybridized carbons (Fsp3) is 0. The summed E-state index contributed by atoms with van der Waals surface area (Å²) in [4.78, 5) is 9.12. The number of aromatic hydroxyl groups is 2. The molecule has 0 radical (unpaired) electrons. The van der Waals surface area contributed by atoms with Crippen LogP contribution in [0.2, 0.25) is 0 Å². The van der Waals surface area contributed by atoms with E-state index in [1.165, 1.54) is 72.8 Å². The second-order valence-electron chi connectivity index (χ2n) is 15.7. The van der Waals surface area contributed by atoms with Crippen molar-refractivity contribution in [1.29, 1.82) is 0 Å². The van der Waals surface area contributed by atoms with Gasteiger partial charge in [-0.25, -0.2) is 4.79 Å². The number of rotatable bonds is 14. The SMILES string of the molecule is Nc1c(N=Nc2ccc(NC(=O)Nc3ccc(N=Nc4c(S(=O)(=O)O)cc5cc(S(=O)(=O)O)c(N=Nc6ccccc6)c(O)c5c4N)cc3)cc2)c(S(=O)(=O)O)cc2cc(S(=O)(=O)O)c(N=Nc3ccccc3)c(O)c12. The second kappa shape index (κ2) is 20.6. The Bertz CT molecular complexity index is 3990. The monoisotopic (exact) mass is 1110 g/mol. The van der Waals surface area contributed by atoms with Crippen molar-refractivity contribution in [2.24, 2.45) is 40.9 Å². The van der Waals surface area contributed by atoms with Gasteiger partial charge in [0.2, 0.25) is 0 Å². The fourth-order valence-electron chi connectivity index (χ4n) is 7.15. The van der Waals surface area contributed by atoms with Crippen LogP contribution in [0.25, 0.3) is 21.5 Å². The highest BCUT2D eigenvalue weighted by molar-refractivity contribution is 7.86. The Morgan fingerprint density at radius 2 is 0.645 bits per heavy atom. The van der Waals surface area contributed by atoms with Crippen molar-refractivity contribution in [2.75, 3.05) is 22.1 Å². The van der Waals surface area contributed by atoms with E-state index in [2.05, 4.69) is 51.5 Å². The van der Waals surface area contributed by atoms with Gasteiger partial charge < -0.3 is 32.3 Å². The molecule has 0 saturated carbocycles. The molecule has 8 aromatic carbocycles. The smallest absolute Gasteiger partial charge is 0.323 e. The normalized spacial score (nSPS) is 12.7. The molecule has 12 N–H and O–H groups in total. The third kappa shape index (κ3) is 11.6. The molecule has 0 aromatic heterocycles. The van der Waals surface area contributed by atoms with Crippen molar-refractivity contribution in [3.8, 4) is 11.5 Å². The van der Waals surface area contributed by atoms with Crippen LogP contribution in [-0.4, -0.2) is 68.1 Å². The number of phenolic OH excluding ortho intramolecular Hbond substituents is 2. The Morgan fingerprint density at radius 3 is 0.934 bits per heavy atom. The van der Waals surface area contributed by atoms with Crippen molar-refractivity contribution in [3.05, 3.63) is 133 Å². The molecule has 388 valence electrons. The first-order chi connectivity index (χ1) is 35.8. The van der Waals surface area contributed by atoms with Crippen LogP contribution in [0.5, 0.6) is 11.5 Å². The minimum Gasteiger partial charge on any atom is -0.505 e. The van der Waals surface area contributed by atoms with Crippen LogP contribution in [-0.2, 0) is 40.5 Å². The average Bonchev–Trinajstić information content (AvgIpc) is 3.40. The van der Waals surface area contributed by atoms with Gasteiger partial charge in [-0.15, -0.1) is 20.5 Å². The van der Waals surface area contributed by atoms with Crippen LogP contribution >= 0.6 is 0 Å². The number of hydrogen-bond acceptors (Lipinski definition) is 21. The first kappa shape index (κ1) is 53.1. The van der Waals surface area contributed by atoms with Crippen LogP contribution in [0.4, 0.5) is 73.0 Å². The minimum absolute atomic E-state index is 0.0482. The second-order valence-corrected chi connectivity index (χ2v) is 21.2. The summed E-state index contributed by atoms with van der Waals surface area (Å²) in [5, 5.41) is 57.3. The lowest BCUT2D eigenvalue weighted by Crippen LogP contribution is -2.19. The molecule has 27 nitrogen and oxygen atoms in total. The molecule has 76 heavy (non-hydrogen) atoms. The highest BCUT2D eigenvalue weighted by Gasteiger charge is 2.30. The maximum atomic E-state index is 13.0. The van der Waals surface area contributed by atoms with Gasteiger partial charge in [0.1, 0.15) is 42.3 Å². The van der Waals surface area contributed by atoms with E-state index in [-0.39, 0.29) is 55.7 Å². The zero-order chi connectivity index (χ0) is 54.9. The Kier molecular flexibility index (Phi) is 14.4. The lowest BCUT2D eigenvalue weighted by molar-refractivity contribution is 0.262. The Hall–Kier alpha value is -9.21. The Morgan fingerprint density at radius 1 is 0.382 bits per heavy atom. The largest absolute Gasteiger partial charge is 0.505 e. The van der Waals surface area contributed by atoms with Crippen molar-refractivity contribution in [2.45, 2.75) is 19.6 Å². The van der Waals surface area contributed by atoms with Crippen LogP contribution in [0.3, 0.4) is 0 Å². The highest BCUT2D eigenvalue weighted by atomic mass is 32.2. The van der Waals surface area contributed by atoms with Crippen LogP contribution < -0.4 is 22.1 Å². The van der Waals surface area contributed by atoms with E-state index in [9.17, 15) is 66.9 Å². The maximum absolute atomic E-state index is 13.0. The molecule has 0 saturated heterocycles. The molecule has 0 heterocycles. The lowest BCUT2D eigenvalue weighted by atomic mass is 10.1. The zero-order valence-electron chi connectivity index (χ0n) is 37.9. The predicted molar refractivity (Wildman–Crippen MR) is 274 cm³/mol. The van der Waals surface area contributed by atoms with E-state index in [1.54, 1.807) is 36.4 Å². The van der Waals surface area contributed by atoms with Gasteiger partial charge in [0, 0.05) is 11.4 Å². The van der Waals surface area contributed by atoms with E-state index in [1.807, 2.05) is 0 Å². The van der Waals surface area contributed by atoms with E-state index in [0.29, 0.717) is 0 Å². The number of phenols is 2. The number of benzene rings is 8. The molecule has 31 heteroatoms. The number of carbonyl (C=O) groups is 1. The number of hydrogen-bond donors (Lipinski definition) is 10. The topological polar surface area (TPSA) is 450 Å². The molecular weight excluding hydrogens is 1080 g/mol. The maximum Gasteiger partial charge on any atom is 0.323 e. The quantitative estimate of drug-likeness (QED) is 0.0275. The number of nitrogens with zero attached hydrogens (tertiary/aromatic N) is 8. The van der Waals surface area contributed by atoms with E-state index >= 15 is 0 Å². The van der Waals surface area contributed by atoms with Gasteiger partial charge in [0.25, 0.3) is 40.5 Å². The molecule has 8 aromatic rings. The Labute approximate surface area is 428 Å². The van der Waals surface area contributed by atoms with Gasteiger partial charge in [-0.05, 0) is 108 Å². The number of amides is 2. The van der Waals surface area contributed by atoms with Crippen LogP contribution in [0.1, 0.15) is 0 Å². The molecule has 0 aliphatic carbocycles. The summed E-state index contributed by atoms with van der Waals surface area (Å²) in [5.74, 6) is -1.89. The molecule has 0 bridgehead atoms. The molecular formula is C45H34N12O15S4. The lowest BCUT2D eigenvalue weighted by Gasteiger charge is -2.14. The summed E-state index contributed by atoms with van der Waals surface area (Å²) in [6, 6.07) is 28.9.